The Morgan fingerprint density at radius 2 is 1.91 bits per heavy atom. The van der Waals surface area contributed by atoms with Crippen LogP contribution in [0.3, 0.4) is 0 Å². The van der Waals surface area contributed by atoms with Gasteiger partial charge in [-0.25, -0.2) is 0 Å². The lowest BCUT2D eigenvalue weighted by molar-refractivity contribution is 0.125. The van der Waals surface area contributed by atoms with Crippen molar-refractivity contribution in [3.8, 4) is 0 Å². The van der Waals surface area contributed by atoms with Crippen LogP contribution in [0.1, 0.15) is 12.0 Å². The molecule has 0 saturated heterocycles. The lowest BCUT2D eigenvalue weighted by atomic mass is 10.2. The molecule has 0 aliphatic carbocycles. The summed E-state index contributed by atoms with van der Waals surface area (Å²) in [6.07, 6.45) is 2.77. The van der Waals surface area contributed by atoms with Crippen LogP contribution in [0.25, 0.3) is 0 Å². The molecule has 2 aromatic carbocycles. The SMILES string of the molecule is C=CCCOCc1ccc(N(C)C)c(Sc2ccccc2)c1. The van der Waals surface area contributed by atoms with Gasteiger partial charge >= 0.3 is 0 Å². The van der Waals surface area contributed by atoms with Crippen molar-refractivity contribution >= 4 is 17.4 Å². The van der Waals surface area contributed by atoms with Crippen molar-refractivity contribution in [2.24, 2.45) is 0 Å². The highest BCUT2D eigenvalue weighted by Crippen LogP contribution is 2.35. The number of hydrogen-bond donors (Lipinski definition) is 0. The van der Waals surface area contributed by atoms with Gasteiger partial charge in [-0.1, -0.05) is 42.1 Å². The molecule has 0 aliphatic rings. The second-order valence-corrected chi connectivity index (χ2v) is 6.36. The zero-order chi connectivity index (χ0) is 15.8. The van der Waals surface area contributed by atoms with Crippen LogP contribution < -0.4 is 4.90 Å². The van der Waals surface area contributed by atoms with Gasteiger partial charge in [0.2, 0.25) is 0 Å². The summed E-state index contributed by atoms with van der Waals surface area (Å²) in [4.78, 5) is 4.64. The Labute approximate surface area is 137 Å². The minimum Gasteiger partial charge on any atom is -0.377 e. The molecule has 0 heterocycles. The Hall–Kier alpha value is -1.71. The van der Waals surface area contributed by atoms with E-state index in [2.05, 4.69) is 68.0 Å². The van der Waals surface area contributed by atoms with Crippen molar-refractivity contribution in [1.29, 1.82) is 0 Å². The van der Waals surface area contributed by atoms with Gasteiger partial charge in [0, 0.05) is 23.9 Å². The van der Waals surface area contributed by atoms with Crippen molar-refractivity contribution in [3.63, 3.8) is 0 Å². The second kappa shape index (κ2) is 8.66. The Morgan fingerprint density at radius 1 is 1.14 bits per heavy atom. The number of nitrogens with zero attached hydrogens (tertiary/aromatic N) is 1. The monoisotopic (exact) mass is 313 g/mol. The van der Waals surface area contributed by atoms with E-state index >= 15 is 0 Å². The molecule has 0 fully saturated rings. The highest BCUT2D eigenvalue weighted by atomic mass is 32.2. The third-order valence-electron chi connectivity index (χ3n) is 3.21. The Morgan fingerprint density at radius 3 is 2.59 bits per heavy atom. The summed E-state index contributed by atoms with van der Waals surface area (Å²) < 4.78 is 5.67. The molecule has 0 atom stereocenters. The van der Waals surface area contributed by atoms with Gasteiger partial charge in [0.25, 0.3) is 0 Å². The summed E-state index contributed by atoms with van der Waals surface area (Å²) in [6.45, 7) is 5.07. The van der Waals surface area contributed by atoms with E-state index in [0.717, 1.165) is 13.0 Å². The van der Waals surface area contributed by atoms with Crippen LogP contribution in [-0.4, -0.2) is 20.7 Å². The highest BCUT2D eigenvalue weighted by Gasteiger charge is 2.08. The van der Waals surface area contributed by atoms with Crippen LogP contribution in [-0.2, 0) is 11.3 Å². The molecule has 116 valence electrons. The van der Waals surface area contributed by atoms with E-state index in [1.54, 1.807) is 11.8 Å². The predicted octanol–water partition coefficient (Wildman–Crippen LogP) is 5.00. The molecule has 2 aromatic rings. The summed E-state index contributed by atoms with van der Waals surface area (Å²) in [5.41, 5.74) is 2.43. The first-order chi connectivity index (χ1) is 10.7. The van der Waals surface area contributed by atoms with E-state index in [9.17, 15) is 0 Å². The topological polar surface area (TPSA) is 12.5 Å². The molecule has 3 heteroatoms. The number of benzene rings is 2. The maximum Gasteiger partial charge on any atom is 0.0717 e. The third kappa shape index (κ3) is 4.93. The highest BCUT2D eigenvalue weighted by molar-refractivity contribution is 7.99. The quantitative estimate of drug-likeness (QED) is 0.503. The molecule has 0 aromatic heterocycles. The Bertz CT molecular complexity index is 596. The van der Waals surface area contributed by atoms with E-state index in [1.807, 2.05) is 12.1 Å². The number of hydrogen-bond acceptors (Lipinski definition) is 3. The molecular weight excluding hydrogens is 290 g/mol. The van der Waals surface area contributed by atoms with E-state index < -0.39 is 0 Å². The van der Waals surface area contributed by atoms with Crippen LogP contribution >= 0.6 is 11.8 Å². The molecule has 2 nitrogen and oxygen atoms in total. The summed E-state index contributed by atoms with van der Waals surface area (Å²) >= 11 is 1.79. The average Bonchev–Trinajstić information content (AvgIpc) is 2.52. The maximum absolute atomic E-state index is 5.67. The van der Waals surface area contributed by atoms with Crippen molar-refractivity contribution in [2.45, 2.75) is 22.8 Å². The molecule has 0 aliphatic heterocycles. The van der Waals surface area contributed by atoms with E-state index in [-0.39, 0.29) is 0 Å². The van der Waals surface area contributed by atoms with Crippen molar-refractivity contribution in [1.82, 2.24) is 0 Å². The Kier molecular flexibility index (Phi) is 6.56. The van der Waals surface area contributed by atoms with Gasteiger partial charge in [-0.05, 0) is 36.2 Å². The molecule has 0 saturated carbocycles. The molecule has 0 N–H and O–H groups in total. The van der Waals surface area contributed by atoms with Gasteiger partial charge in [0.1, 0.15) is 0 Å². The summed E-state index contributed by atoms with van der Waals surface area (Å²) in [5, 5.41) is 0. The fourth-order valence-electron chi connectivity index (χ4n) is 2.07. The Balaban J connectivity index is 2.15. The van der Waals surface area contributed by atoms with Gasteiger partial charge in [0.15, 0.2) is 0 Å². The second-order valence-electron chi connectivity index (χ2n) is 5.24. The van der Waals surface area contributed by atoms with E-state index in [0.29, 0.717) is 6.61 Å². The first-order valence-corrected chi connectivity index (χ1v) is 8.24. The summed E-state index contributed by atoms with van der Waals surface area (Å²) in [5.74, 6) is 0. The fourth-order valence-corrected chi connectivity index (χ4v) is 3.18. The standard InChI is InChI=1S/C19H23NOS/c1-4-5-13-21-15-16-11-12-18(20(2)3)19(14-16)22-17-9-7-6-8-10-17/h4,6-12,14H,1,5,13,15H2,2-3H3. The molecule has 0 radical (unpaired) electrons. The third-order valence-corrected chi connectivity index (χ3v) is 4.27. The van der Waals surface area contributed by atoms with Gasteiger partial charge in [-0.2, -0.15) is 0 Å². The van der Waals surface area contributed by atoms with Gasteiger partial charge < -0.3 is 9.64 Å². The average molecular weight is 313 g/mol. The van der Waals surface area contributed by atoms with Crippen LogP contribution in [0.2, 0.25) is 0 Å². The van der Waals surface area contributed by atoms with Crippen LogP contribution in [0.5, 0.6) is 0 Å². The van der Waals surface area contributed by atoms with Gasteiger partial charge in [-0.3, -0.25) is 0 Å². The number of rotatable bonds is 8. The minimum absolute atomic E-state index is 0.643. The molecular formula is C19H23NOS. The number of anilines is 1. The first-order valence-electron chi connectivity index (χ1n) is 7.42. The molecule has 0 unspecified atom stereocenters. The summed E-state index contributed by atoms with van der Waals surface area (Å²) in [6, 6.07) is 17.0. The molecule has 0 spiro atoms. The smallest absolute Gasteiger partial charge is 0.0717 e. The maximum atomic E-state index is 5.67. The van der Waals surface area contributed by atoms with E-state index in [1.165, 1.54) is 21.0 Å². The van der Waals surface area contributed by atoms with Crippen LogP contribution in [0.15, 0.2) is 71.0 Å². The van der Waals surface area contributed by atoms with Crippen LogP contribution in [0.4, 0.5) is 5.69 Å². The van der Waals surface area contributed by atoms with Crippen molar-refractivity contribution < 1.29 is 4.74 Å². The number of ether oxygens (including phenoxy) is 1. The van der Waals surface area contributed by atoms with Crippen molar-refractivity contribution in [3.05, 3.63) is 66.7 Å². The lowest BCUT2D eigenvalue weighted by Gasteiger charge is -2.18. The van der Waals surface area contributed by atoms with E-state index in [4.69, 9.17) is 4.74 Å². The lowest BCUT2D eigenvalue weighted by Crippen LogP contribution is -2.10. The largest absolute Gasteiger partial charge is 0.377 e. The first kappa shape index (κ1) is 16.7. The van der Waals surface area contributed by atoms with Gasteiger partial charge in [0.05, 0.1) is 18.9 Å². The molecule has 2 rings (SSSR count). The minimum atomic E-state index is 0.643. The normalized spacial score (nSPS) is 10.5. The molecule has 0 amide bonds. The molecule has 0 bridgehead atoms. The van der Waals surface area contributed by atoms with Crippen LogP contribution in [0, 0.1) is 0 Å². The fraction of sp³-hybridized carbons (Fsp3) is 0.263. The van der Waals surface area contributed by atoms with Crippen molar-refractivity contribution in [2.75, 3.05) is 25.6 Å². The predicted molar refractivity (Wildman–Crippen MR) is 95.8 cm³/mol. The van der Waals surface area contributed by atoms with Gasteiger partial charge in [-0.15, -0.1) is 6.58 Å². The molecule has 22 heavy (non-hydrogen) atoms. The zero-order valence-electron chi connectivity index (χ0n) is 13.3. The summed E-state index contributed by atoms with van der Waals surface area (Å²) in [7, 11) is 4.15. The zero-order valence-corrected chi connectivity index (χ0v) is 14.1.